The van der Waals surface area contributed by atoms with E-state index in [0.29, 0.717) is 12.1 Å². The molecule has 138 valence electrons. The largest absolute Gasteiger partial charge is 0.347 e. The molecule has 0 unspecified atom stereocenters. The van der Waals surface area contributed by atoms with E-state index in [2.05, 4.69) is 25.5 Å². The number of hydrogen-bond donors (Lipinski definition) is 2. The summed E-state index contributed by atoms with van der Waals surface area (Å²) in [5, 5.41) is 8.22. The molecular weight excluding hydrogens is 358 g/mol. The van der Waals surface area contributed by atoms with E-state index in [1.54, 1.807) is 17.5 Å². The summed E-state index contributed by atoms with van der Waals surface area (Å²) in [4.78, 5) is 24.5. The fourth-order valence-electron chi connectivity index (χ4n) is 3.02. The van der Waals surface area contributed by atoms with Crippen LogP contribution in [0.4, 0.5) is 17.5 Å². The molecule has 3 heterocycles. The van der Waals surface area contributed by atoms with Crippen molar-refractivity contribution in [3.8, 4) is 0 Å². The number of amides is 1. The van der Waals surface area contributed by atoms with Crippen LogP contribution in [0.3, 0.4) is 0 Å². The minimum absolute atomic E-state index is 0.0756. The molecule has 27 heavy (non-hydrogen) atoms. The van der Waals surface area contributed by atoms with Crippen molar-refractivity contribution in [1.82, 2.24) is 15.3 Å². The van der Waals surface area contributed by atoms with Crippen LogP contribution < -0.4 is 15.5 Å². The minimum Gasteiger partial charge on any atom is -0.347 e. The second kappa shape index (κ2) is 8.18. The molecule has 0 atom stereocenters. The highest BCUT2D eigenvalue weighted by Gasteiger charge is 2.15. The zero-order valence-electron chi connectivity index (χ0n) is 14.9. The first-order valence-corrected chi connectivity index (χ1v) is 9.91. The second-order valence-corrected chi connectivity index (χ2v) is 7.43. The Morgan fingerprint density at radius 2 is 1.93 bits per heavy atom. The fraction of sp³-hybridized carbons (Fsp3) is 0.250. The van der Waals surface area contributed by atoms with E-state index in [-0.39, 0.29) is 5.91 Å². The highest BCUT2D eigenvalue weighted by molar-refractivity contribution is 7.09. The Hall–Kier alpha value is -2.93. The SMILES string of the molecule is O=C(NCc1cccs1)c1ccc(Nc2ccnc(N3CCCC3)n2)cc1. The molecule has 1 aliphatic rings. The van der Waals surface area contributed by atoms with Gasteiger partial charge in [-0.25, -0.2) is 4.98 Å². The molecular formula is C20H21N5OS. The highest BCUT2D eigenvalue weighted by atomic mass is 32.1. The molecule has 1 aromatic carbocycles. The number of anilines is 3. The van der Waals surface area contributed by atoms with Crippen LogP contribution in [0.1, 0.15) is 28.1 Å². The summed E-state index contributed by atoms with van der Waals surface area (Å²) in [6.07, 6.45) is 4.16. The van der Waals surface area contributed by atoms with Crippen molar-refractivity contribution in [1.29, 1.82) is 0 Å². The summed E-state index contributed by atoms with van der Waals surface area (Å²) < 4.78 is 0. The lowest BCUT2D eigenvalue weighted by atomic mass is 10.2. The van der Waals surface area contributed by atoms with Gasteiger partial charge in [0.2, 0.25) is 5.95 Å². The lowest BCUT2D eigenvalue weighted by Gasteiger charge is -2.15. The number of aromatic nitrogens is 2. The summed E-state index contributed by atoms with van der Waals surface area (Å²) in [6, 6.07) is 13.2. The van der Waals surface area contributed by atoms with Gasteiger partial charge < -0.3 is 15.5 Å². The molecule has 1 aliphatic heterocycles. The summed E-state index contributed by atoms with van der Waals surface area (Å²) in [5.41, 5.74) is 1.52. The topological polar surface area (TPSA) is 70.2 Å². The Morgan fingerprint density at radius 3 is 2.67 bits per heavy atom. The van der Waals surface area contributed by atoms with Crippen LogP contribution in [-0.4, -0.2) is 29.0 Å². The first kappa shape index (κ1) is 17.5. The third kappa shape index (κ3) is 4.43. The van der Waals surface area contributed by atoms with Crippen molar-refractivity contribution in [3.05, 3.63) is 64.5 Å². The van der Waals surface area contributed by atoms with Crippen LogP contribution >= 0.6 is 11.3 Å². The average Bonchev–Trinajstić information content (AvgIpc) is 3.41. The predicted molar refractivity (Wildman–Crippen MR) is 109 cm³/mol. The molecule has 6 nitrogen and oxygen atoms in total. The number of rotatable bonds is 6. The molecule has 2 N–H and O–H groups in total. The van der Waals surface area contributed by atoms with Crippen LogP contribution in [0.25, 0.3) is 0 Å². The maximum absolute atomic E-state index is 12.2. The Bertz CT molecular complexity index is 889. The molecule has 3 aromatic rings. The molecule has 0 bridgehead atoms. The van der Waals surface area contributed by atoms with Gasteiger partial charge >= 0.3 is 0 Å². The molecule has 0 spiro atoms. The van der Waals surface area contributed by atoms with Crippen LogP contribution in [0.2, 0.25) is 0 Å². The van der Waals surface area contributed by atoms with Crippen molar-refractivity contribution in [2.45, 2.75) is 19.4 Å². The lowest BCUT2D eigenvalue weighted by Crippen LogP contribution is -2.22. The maximum Gasteiger partial charge on any atom is 0.251 e. The van der Waals surface area contributed by atoms with Gasteiger partial charge in [-0.1, -0.05) is 6.07 Å². The number of carbonyl (C=O) groups excluding carboxylic acids is 1. The van der Waals surface area contributed by atoms with Gasteiger partial charge in [0, 0.05) is 35.4 Å². The summed E-state index contributed by atoms with van der Waals surface area (Å²) in [7, 11) is 0. The molecule has 7 heteroatoms. The molecule has 0 aliphatic carbocycles. The minimum atomic E-state index is -0.0756. The van der Waals surface area contributed by atoms with E-state index in [9.17, 15) is 4.79 Å². The first-order chi connectivity index (χ1) is 13.3. The monoisotopic (exact) mass is 379 g/mol. The van der Waals surface area contributed by atoms with E-state index in [1.807, 2.05) is 47.8 Å². The van der Waals surface area contributed by atoms with Gasteiger partial charge in [-0.3, -0.25) is 4.79 Å². The molecule has 2 aromatic heterocycles. The number of thiophene rings is 1. The number of nitrogens with zero attached hydrogens (tertiary/aromatic N) is 3. The quantitative estimate of drug-likeness (QED) is 0.681. The third-order valence-corrected chi connectivity index (χ3v) is 5.33. The number of carbonyl (C=O) groups is 1. The fourth-order valence-corrected chi connectivity index (χ4v) is 3.67. The van der Waals surface area contributed by atoms with Crippen LogP contribution in [0.5, 0.6) is 0 Å². The predicted octanol–water partition coefficient (Wildman–Crippen LogP) is 3.81. The first-order valence-electron chi connectivity index (χ1n) is 9.03. The standard InChI is InChI=1S/C20H21N5OS/c26-19(22-14-17-4-3-13-27-17)15-5-7-16(8-6-15)23-18-9-10-21-20(24-18)25-11-1-2-12-25/h3-10,13H,1-2,11-12,14H2,(H,22,26)(H,21,23,24). The van der Waals surface area contributed by atoms with Gasteiger partial charge in [0.05, 0.1) is 6.54 Å². The number of nitrogens with one attached hydrogen (secondary N) is 2. The Kier molecular flexibility index (Phi) is 5.29. The van der Waals surface area contributed by atoms with Gasteiger partial charge in [-0.05, 0) is 54.6 Å². The van der Waals surface area contributed by atoms with Crippen LogP contribution in [-0.2, 0) is 6.54 Å². The Morgan fingerprint density at radius 1 is 1.11 bits per heavy atom. The van der Waals surface area contributed by atoms with Crippen molar-refractivity contribution in [2.24, 2.45) is 0 Å². The van der Waals surface area contributed by atoms with Crippen molar-refractivity contribution in [3.63, 3.8) is 0 Å². The zero-order chi connectivity index (χ0) is 18.5. The summed E-state index contributed by atoms with van der Waals surface area (Å²) in [6.45, 7) is 2.58. The smallest absolute Gasteiger partial charge is 0.251 e. The normalized spacial score (nSPS) is 13.6. The highest BCUT2D eigenvalue weighted by Crippen LogP contribution is 2.20. The maximum atomic E-state index is 12.2. The molecule has 1 saturated heterocycles. The zero-order valence-corrected chi connectivity index (χ0v) is 15.7. The van der Waals surface area contributed by atoms with Gasteiger partial charge in [0.15, 0.2) is 0 Å². The van der Waals surface area contributed by atoms with Gasteiger partial charge in [0.1, 0.15) is 5.82 Å². The average molecular weight is 379 g/mol. The molecule has 0 saturated carbocycles. The Balaban J connectivity index is 1.37. The molecule has 0 radical (unpaired) electrons. The van der Waals surface area contributed by atoms with E-state index < -0.39 is 0 Å². The van der Waals surface area contributed by atoms with Gasteiger partial charge in [-0.15, -0.1) is 11.3 Å². The van der Waals surface area contributed by atoms with Crippen LogP contribution in [0.15, 0.2) is 54.0 Å². The number of hydrogen-bond acceptors (Lipinski definition) is 6. The van der Waals surface area contributed by atoms with Crippen molar-refractivity contribution >= 4 is 34.7 Å². The van der Waals surface area contributed by atoms with Crippen molar-refractivity contribution in [2.75, 3.05) is 23.3 Å². The van der Waals surface area contributed by atoms with Crippen LogP contribution in [0, 0.1) is 0 Å². The van der Waals surface area contributed by atoms with Crippen molar-refractivity contribution < 1.29 is 4.79 Å². The van der Waals surface area contributed by atoms with Gasteiger partial charge in [0.25, 0.3) is 5.91 Å². The van der Waals surface area contributed by atoms with E-state index in [1.165, 1.54) is 12.8 Å². The van der Waals surface area contributed by atoms with E-state index >= 15 is 0 Å². The molecule has 4 rings (SSSR count). The summed E-state index contributed by atoms with van der Waals surface area (Å²) in [5.74, 6) is 1.44. The summed E-state index contributed by atoms with van der Waals surface area (Å²) >= 11 is 1.63. The number of benzene rings is 1. The van der Waals surface area contributed by atoms with E-state index in [4.69, 9.17) is 0 Å². The Labute approximate surface area is 162 Å². The molecule has 1 amide bonds. The second-order valence-electron chi connectivity index (χ2n) is 6.40. The van der Waals surface area contributed by atoms with Gasteiger partial charge in [-0.2, -0.15) is 4.98 Å². The van der Waals surface area contributed by atoms with E-state index in [0.717, 1.165) is 35.4 Å². The molecule has 1 fully saturated rings. The third-order valence-electron chi connectivity index (χ3n) is 4.45. The lowest BCUT2D eigenvalue weighted by molar-refractivity contribution is 0.0951.